The Kier molecular flexibility index (Phi) is 2.87. The lowest BCUT2D eigenvalue weighted by Crippen LogP contribution is -2.09. The number of ether oxygens (including phenoxy) is 1. The minimum atomic E-state index is -0.204. The first-order valence-corrected chi connectivity index (χ1v) is 5.08. The number of nitrogens with one attached hydrogen (secondary N) is 1. The van der Waals surface area contributed by atoms with Crippen LogP contribution in [0.4, 0.5) is 0 Å². The summed E-state index contributed by atoms with van der Waals surface area (Å²) in [5.41, 5.74) is 0.643. The van der Waals surface area contributed by atoms with Gasteiger partial charge in [-0.15, -0.1) is 0 Å². The predicted octanol–water partition coefficient (Wildman–Crippen LogP) is 1.90. The topological polar surface area (TPSA) is 47.0 Å². The van der Waals surface area contributed by atoms with E-state index in [2.05, 4.69) is 4.98 Å². The van der Waals surface area contributed by atoms with Crippen LogP contribution in [0, 0.1) is 4.77 Å². The van der Waals surface area contributed by atoms with Crippen LogP contribution < -0.4 is 10.3 Å². The number of aromatic nitrogens is 2. The number of hydrogen-bond acceptors (Lipinski definition) is 3. The van der Waals surface area contributed by atoms with Crippen LogP contribution in [0.2, 0.25) is 0 Å². The van der Waals surface area contributed by atoms with Crippen LogP contribution in [-0.4, -0.2) is 16.7 Å². The van der Waals surface area contributed by atoms with E-state index in [9.17, 15) is 4.79 Å². The predicted molar refractivity (Wildman–Crippen MR) is 63.8 cm³/mol. The molecule has 0 amide bonds. The second kappa shape index (κ2) is 4.32. The SMILES string of the molecule is COc1cccc(-n2ccc(=O)[nH]c2=S)c1. The highest BCUT2D eigenvalue weighted by Gasteiger charge is 1.99. The fourth-order valence-electron chi connectivity index (χ4n) is 1.38. The molecule has 0 fully saturated rings. The standard InChI is InChI=1S/C11H10N2O2S/c1-15-9-4-2-3-8(7-9)13-6-5-10(14)12-11(13)16/h2-7H,1H3,(H,12,14,16). The van der Waals surface area contributed by atoms with Gasteiger partial charge in [0, 0.05) is 18.3 Å². The summed E-state index contributed by atoms with van der Waals surface area (Å²) in [6.07, 6.45) is 1.63. The number of nitrogens with zero attached hydrogens (tertiary/aromatic N) is 1. The summed E-state index contributed by atoms with van der Waals surface area (Å²) in [5.74, 6) is 0.741. The van der Waals surface area contributed by atoms with Gasteiger partial charge in [0.05, 0.1) is 12.8 Å². The third-order valence-corrected chi connectivity index (χ3v) is 2.45. The van der Waals surface area contributed by atoms with Gasteiger partial charge in [0.15, 0.2) is 4.77 Å². The summed E-state index contributed by atoms with van der Waals surface area (Å²) in [5, 5.41) is 0. The van der Waals surface area contributed by atoms with Gasteiger partial charge in [-0.25, -0.2) is 0 Å². The number of hydrogen-bond donors (Lipinski definition) is 1. The molecular formula is C11H10N2O2S. The Morgan fingerprint density at radius 1 is 1.38 bits per heavy atom. The summed E-state index contributed by atoms with van der Waals surface area (Å²) in [4.78, 5) is 13.6. The van der Waals surface area contributed by atoms with Crippen LogP contribution in [0.15, 0.2) is 41.3 Å². The second-order valence-electron chi connectivity index (χ2n) is 3.18. The zero-order chi connectivity index (χ0) is 11.5. The van der Waals surface area contributed by atoms with E-state index >= 15 is 0 Å². The van der Waals surface area contributed by atoms with E-state index in [1.807, 2.05) is 24.3 Å². The average molecular weight is 234 g/mol. The maximum atomic E-state index is 11.0. The van der Waals surface area contributed by atoms with Gasteiger partial charge in [0.2, 0.25) is 0 Å². The first-order chi connectivity index (χ1) is 7.70. The highest BCUT2D eigenvalue weighted by Crippen LogP contribution is 2.15. The molecule has 1 N–H and O–H groups in total. The van der Waals surface area contributed by atoms with Gasteiger partial charge < -0.3 is 4.74 Å². The molecule has 0 unspecified atom stereocenters. The fourth-order valence-corrected chi connectivity index (χ4v) is 1.65. The van der Waals surface area contributed by atoms with E-state index in [4.69, 9.17) is 17.0 Å². The summed E-state index contributed by atoms with van der Waals surface area (Å²) in [7, 11) is 1.60. The quantitative estimate of drug-likeness (QED) is 0.807. The molecule has 2 aromatic rings. The van der Waals surface area contributed by atoms with Gasteiger partial charge in [-0.3, -0.25) is 14.3 Å². The molecule has 0 saturated carbocycles. The van der Waals surface area contributed by atoms with Crippen LogP contribution >= 0.6 is 12.2 Å². The molecule has 0 aliphatic heterocycles. The van der Waals surface area contributed by atoms with Crippen LogP contribution in [0.25, 0.3) is 5.69 Å². The fraction of sp³-hybridized carbons (Fsp3) is 0.0909. The van der Waals surface area contributed by atoms with Crippen LogP contribution in [-0.2, 0) is 0 Å². The zero-order valence-corrected chi connectivity index (χ0v) is 9.45. The van der Waals surface area contributed by atoms with Crippen molar-refractivity contribution in [1.29, 1.82) is 0 Å². The van der Waals surface area contributed by atoms with Gasteiger partial charge in [-0.2, -0.15) is 0 Å². The van der Waals surface area contributed by atoms with Crippen LogP contribution in [0.5, 0.6) is 5.75 Å². The van der Waals surface area contributed by atoms with Crippen molar-refractivity contribution in [3.8, 4) is 11.4 Å². The van der Waals surface area contributed by atoms with Gasteiger partial charge in [-0.05, 0) is 24.4 Å². The molecule has 0 aliphatic carbocycles. The van der Waals surface area contributed by atoms with E-state index in [-0.39, 0.29) is 5.56 Å². The maximum Gasteiger partial charge on any atom is 0.251 e. The monoisotopic (exact) mass is 234 g/mol. The van der Waals surface area contributed by atoms with E-state index in [0.717, 1.165) is 11.4 Å². The minimum absolute atomic E-state index is 0.204. The van der Waals surface area contributed by atoms with Gasteiger partial charge in [0.25, 0.3) is 5.56 Å². The summed E-state index contributed by atoms with van der Waals surface area (Å²) in [6, 6.07) is 8.86. The van der Waals surface area contributed by atoms with Gasteiger partial charge in [0.1, 0.15) is 5.75 Å². The Labute approximate surface area is 97.1 Å². The lowest BCUT2D eigenvalue weighted by atomic mass is 10.3. The number of rotatable bonds is 2. The summed E-state index contributed by atoms with van der Waals surface area (Å²) in [6.45, 7) is 0. The Bertz CT molecular complexity index is 616. The molecular weight excluding hydrogens is 224 g/mol. The second-order valence-corrected chi connectivity index (χ2v) is 3.57. The Hall–Kier alpha value is -1.88. The molecule has 82 valence electrons. The highest BCUT2D eigenvalue weighted by atomic mass is 32.1. The molecule has 1 heterocycles. The van der Waals surface area contributed by atoms with Crippen molar-refractivity contribution in [3.05, 3.63) is 51.7 Å². The van der Waals surface area contributed by atoms with Crippen molar-refractivity contribution in [2.75, 3.05) is 7.11 Å². The third-order valence-electron chi connectivity index (χ3n) is 2.16. The molecule has 1 aromatic heterocycles. The first-order valence-electron chi connectivity index (χ1n) is 4.67. The molecule has 5 heteroatoms. The van der Waals surface area contributed by atoms with Crippen molar-refractivity contribution in [3.63, 3.8) is 0 Å². The van der Waals surface area contributed by atoms with Crippen LogP contribution in [0.1, 0.15) is 0 Å². The molecule has 4 nitrogen and oxygen atoms in total. The molecule has 0 aliphatic rings. The Balaban J connectivity index is 2.58. The number of H-pyrrole nitrogens is 1. The number of benzene rings is 1. The van der Waals surface area contributed by atoms with Crippen molar-refractivity contribution in [2.24, 2.45) is 0 Å². The summed E-state index contributed by atoms with van der Waals surface area (Å²) < 4.78 is 7.19. The third kappa shape index (κ3) is 2.04. The summed E-state index contributed by atoms with van der Waals surface area (Å²) >= 11 is 5.07. The van der Waals surface area contributed by atoms with Crippen LogP contribution in [0.3, 0.4) is 0 Å². The molecule has 16 heavy (non-hydrogen) atoms. The van der Waals surface area contributed by atoms with E-state index in [1.54, 1.807) is 17.9 Å². The van der Waals surface area contributed by atoms with Gasteiger partial charge >= 0.3 is 0 Å². The molecule has 0 bridgehead atoms. The molecule has 0 radical (unpaired) electrons. The Morgan fingerprint density at radius 2 is 2.19 bits per heavy atom. The molecule has 0 spiro atoms. The minimum Gasteiger partial charge on any atom is -0.497 e. The van der Waals surface area contributed by atoms with E-state index in [0.29, 0.717) is 4.77 Å². The van der Waals surface area contributed by atoms with Crippen molar-refractivity contribution < 1.29 is 4.74 Å². The molecule has 1 aromatic carbocycles. The normalized spacial score (nSPS) is 10.1. The highest BCUT2D eigenvalue weighted by molar-refractivity contribution is 7.71. The lowest BCUT2D eigenvalue weighted by molar-refractivity contribution is 0.414. The lowest BCUT2D eigenvalue weighted by Gasteiger charge is -2.07. The number of aromatic amines is 1. The van der Waals surface area contributed by atoms with Crippen molar-refractivity contribution in [1.82, 2.24) is 9.55 Å². The molecule has 2 rings (SSSR count). The molecule has 0 saturated heterocycles. The van der Waals surface area contributed by atoms with Gasteiger partial charge in [-0.1, -0.05) is 6.07 Å². The largest absolute Gasteiger partial charge is 0.497 e. The average Bonchev–Trinajstić information content (AvgIpc) is 2.29. The zero-order valence-electron chi connectivity index (χ0n) is 8.64. The van der Waals surface area contributed by atoms with E-state index in [1.165, 1.54) is 6.07 Å². The van der Waals surface area contributed by atoms with Crippen molar-refractivity contribution >= 4 is 12.2 Å². The Morgan fingerprint density at radius 3 is 2.88 bits per heavy atom. The molecule has 0 atom stereocenters. The smallest absolute Gasteiger partial charge is 0.251 e. The van der Waals surface area contributed by atoms with Crippen molar-refractivity contribution in [2.45, 2.75) is 0 Å². The van der Waals surface area contributed by atoms with E-state index < -0.39 is 0 Å². The number of methoxy groups -OCH3 is 1. The first kappa shape index (κ1) is 10.6. The maximum absolute atomic E-state index is 11.0.